The van der Waals surface area contributed by atoms with Gasteiger partial charge >= 0.3 is 0 Å². The molecule has 1 atom stereocenters. The van der Waals surface area contributed by atoms with Crippen LogP contribution in [-0.2, 0) is 16.1 Å². The Kier molecular flexibility index (Phi) is 7.69. The molecule has 29 heavy (non-hydrogen) atoms. The lowest BCUT2D eigenvalue weighted by Gasteiger charge is -2.35. The summed E-state index contributed by atoms with van der Waals surface area (Å²) in [5.41, 5.74) is 0.899. The maximum Gasteiger partial charge on any atom is 0.225 e. The predicted molar refractivity (Wildman–Crippen MR) is 118 cm³/mol. The molecule has 8 heteroatoms. The molecular weight excluding hydrogens is 454 g/mol. The summed E-state index contributed by atoms with van der Waals surface area (Å²) >= 11 is 5.25. The summed E-state index contributed by atoms with van der Waals surface area (Å²) in [4.78, 5) is 30.1. The first-order valence-electron chi connectivity index (χ1n) is 9.60. The predicted octanol–water partition coefficient (Wildman–Crippen LogP) is 3.43. The SMILES string of the molecule is COc1ccc(C(CC(=O)N2CCN(Cc3ccc(Br)s3)CC2)NC(C)=O)cc1. The van der Waals surface area contributed by atoms with E-state index in [4.69, 9.17) is 4.74 Å². The number of ether oxygens (including phenoxy) is 1. The van der Waals surface area contributed by atoms with Crippen LogP contribution in [-0.4, -0.2) is 54.9 Å². The van der Waals surface area contributed by atoms with Crippen LogP contribution in [0.1, 0.15) is 29.8 Å². The van der Waals surface area contributed by atoms with Gasteiger partial charge in [0.2, 0.25) is 11.8 Å². The summed E-state index contributed by atoms with van der Waals surface area (Å²) in [5, 5.41) is 2.91. The van der Waals surface area contributed by atoms with E-state index in [1.807, 2.05) is 29.2 Å². The molecular formula is C21H26BrN3O3S. The first-order chi connectivity index (χ1) is 13.9. The number of hydrogen-bond donors (Lipinski definition) is 1. The Hall–Kier alpha value is -1.90. The van der Waals surface area contributed by atoms with Crippen LogP contribution in [0.3, 0.4) is 0 Å². The molecule has 2 amide bonds. The van der Waals surface area contributed by atoms with Gasteiger partial charge in [0.05, 0.1) is 23.4 Å². The largest absolute Gasteiger partial charge is 0.497 e. The van der Waals surface area contributed by atoms with Crippen molar-refractivity contribution in [1.29, 1.82) is 0 Å². The fourth-order valence-electron chi connectivity index (χ4n) is 3.45. The molecule has 0 radical (unpaired) electrons. The fourth-order valence-corrected chi connectivity index (χ4v) is 4.98. The minimum atomic E-state index is -0.340. The van der Waals surface area contributed by atoms with E-state index in [0.717, 1.165) is 34.7 Å². The number of amides is 2. The lowest BCUT2D eigenvalue weighted by molar-refractivity contribution is -0.133. The van der Waals surface area contributed by atoms with Gasteiger partial charge in [-0.05, 0) is 45.8 Å². The van der Waals surface area contributed by atoms with Gasteiger partial charge in [-0.15, -0.1) is 11.3 Å². The van der Waals surface area contributed by atoms with Gasteiger partial charge in [-0.1, -0.05) is 12.1 Å². The Morgan fingerprint density at radius 1 is 1.14 bits per heavy atom. The summed E-state index contributed by atoms with van der Waals surface area (Å²) in [6.07, 6.45) is 0.254. The van der Waals surface area contributed by atoms with E-state index in [2.05, 4.69) is 38.3 Å². The molecule has 1 aliphatic heterocycles. The van der Waals surface area contributed by atoms with Crippen molar-refractivity contribution in [2.45, 2.75) is 25.9 Å². The summed E-state index contributed by atoms with van der Waals surface area (Å²) in [6.45, 7) is 5.52. The van der Waals surface area contributed by atoms with Crippen molar-refractivity contribution in [2.24, 2.45) is 0 Å². The Balaban J connectivity index is 1.56. The third kappa shape index (κ3) is 6.29. The molecule has 1 fully saturated rings. The van der Waals surface area contributed by atoms with Crippen molar-refractivity contribution in [1.82, 2.24) is 15.1 Å². The zero-order chi connectivity index (χ0) is 20.8. The average Bonchev–Trinajstić information content (AvgIpc) is 3.12. The molecule has 1 aliphatic rings. The second-order valence-electron chi connectivity index (χ2n) is 7.09. The maximum absolute atomic E-state index is 12.9. The monoisotopic (exact) mass is 479 g/mol. The minimum Gasteiger partial charge on any atom is -0.497 e. The van der Waals surface area contributed by atoms with Gasteiger partial charge < -0.3 is 15.0 Å². The first kappa shape index (κ1) is 21.8. The number of carbonyl (C=O) groups excluding carboxylic acids is 2. The molecule has 0 spiro atoms. The highest BCUT2D eigenvalue weighted by atomic mass is 79.9. The van der Waals surface area contributed by atoms with Gasteiger partial charge in [0.1, 0.15) is 5.75 Å². The lowest BCUT2D eigenvalue weighted by Crippen LogP contribution is -2.49. The molecule has 1 aromatic heterocycles. The van der Waals surface area contributed by atoms with Crippen molar-refractivity contribution in [3.8, 4) is 5.75 Å². The fraction of sp³-hybridized carbons (Fsp3) is 0.429. The van der Waals surface area contributed by atoms with Crippen LogP contribution >= 0.6 is 27.3 Å². The van der Waals surface area contributed by atoms with Crippen LogP contribution in [0.25, 0.3) is 0 Å². The molecule has 1 aromatic carbocycles. The number of nitrogens with one attached hydrogen (secondary N) is 1. The maximum atomic E-state index is 12.9. The van der Waals surface area contributed by atoms with E-state index >= 15 is 0 Å². The third-order valence-electron chi connectivity index (χ3n) is 5.01. The summed E-state index contributed by atoms with van der Waals surface area (Å²) in [6, 6.07) is 11.3. The summed E-state index contributed by atoms with van der Waals surface area (Å²) < 4.78 is 6.33. The Labute approximate surface area is 184 Å². The van der Waals surface area contributed by atoms with Gasteiger partial charge in [-0.25, -0.2) is 0 Å². The molecule has 0 bridgehead atoms. The standard InChI is InChI=1S/C21H26BrN3O3S/c1-15(26)23-19(16-3-5-17(28-2)6-4-16)13-21(27)25-11-9-24(10-12-25)14-18-7-8-20(22)29-18/h3-8,19H,9-14H2,1-2H3,(H,23,26). The van der Waals surface area contributed by atoms with Crippen LogP contribution in [0.4, 0.5) is 0 Å². The Morgan fingerprint density at radius 2 is 1.83 bits per heavy atom. The molecule has 2 aromatic rings. The van der Waals surface area contributed by atoms with Gasteiger partial charge in [-0.3, -0.25) is 14.5 Å². The van der Waals surface area contributed by atoms with Crippen LogP contribution in [0, 0.1) is 0 Å². The molecule has 2 heterocycles. The number of methoxy groups -OCH3 is 1. The van der Waals surface area contributed by atoms with Gasteiger partial charge in [-0.2, -0.15) is 0 Å². The van der Waals surface area contributed by atoms with Crippen molar-refractivity contribution in [3.63, 3.8) is 0 Å². The summed E-state index contributed by atoms with van der Waals surface area (Å²) in [7, 11) is 1.61. The smallest absolute Gasteiger partial charge is 0.225 e. The van der Waals surface area contributed by atoms with Crippen molar-refractivity contribution < 1.29 is 14.3 Å². The minimum absolute atomic E-state index is 0.0677. The van der Waals surface area contributed by atoms with Gasteiger partial charge in [0.25, 0.3) is 0 Å². The van der Waals surface area contributed by atoms with E-state index in [1.165, 1.54) is 11.8 Å². The average molecular weight is 480 g/mol. The number of halogens is 1. The molecule has 156 valence electrons. The highest BCUT2D eigenvalue weighted by Gasteiger charge is 2.25. The number of benzene rings is 1. The van der Waals surface area contributed by atoms with E-state index in [-0.39, 0.29) is 24.3 Å². The highest BCUT2D eigenvalue weighted by molar-refractivity contribution is 9.11. The molecule has 0 saturated carbocycles. The van der Waals surface area contributed by atoms with Crippen LogP contribution in [0.5, 0.6) is 5.75 Å². The van der Waals surface area contributed by atoms with E-state index in [9.17, 15) is 9.59 Å². The number of piperazine rings is 1. The van der Waals surface area contributed by atoms with Crippen LogP contribution in [0.2, 0.25) is 0 Å². The van der Waals surface area contributed by atoms with Crippen LogP contribution < -0.4 is 10.1 Å². The van der Waals surface area contributed by atoms with Crippen molar-refractivity contribution in [3.05, 3.63) is 50.6 Å². The molecule has 1 unspecified atom stereocenters. The molecule has 0 aliphatic carbocycles. The second kappa shape index (κ2) is 10.2. The first-order valence-corrected chi connectivity index (χ1v) is 11.2. The lowest BCUT2D eigenvalue weighted by atomic mass is 10.0. The molecule has 1 saturated heterocycles. The number of rotatable bonds is 7. The quantitative estimate of drug-likeness (QED) is 0.660. The second-order valence-corrected chi connectivity index (χ2v) is 9.64. The number of thiophene rings is 1. The zero-order valence-electron chi connectivity index (χ0n) is 16.7. The van der Waals surface area contributed by atoms with E-state index in [1.54, 1.807) is 18.4 Å². The zero-order valence-corrected chi connectivity index (χ0v) is 19.1. The van der Waals surface area contributed by atoms with Crippen LogP contribution in [0.15, 0.2) is 40.2 Å². The number of carbonyl (C=O) groups is 2. The third-order valence-corrected chi connectivity index (χ3v) is 6.62. The molecule has 6 nitrogen and oxygen atoms in total. The van der Waals surface area contributed by atoms with Crippen molar-refractivity contribution >= 4 is 39.1 Å². The van der Waals surface area contributed by atoms with E-state index in [0.29, 0.717) is 13.1 Å². The van der Waals surface area contributed by atoms with Gasteiger partial charge in [0.15, 0.2) is 0 Å². The highest BCUT2D eigenvalue weighted by Crippen LogP contribution is 2.24. The number of nitrogens with zero attached hydrogens (tertiary/aromatic N) is 2. The topological polar surface area (TPSA) is 61.9 Å². The number of hydrogen-bond acceptors (Lipinski definition) is 5. The normalized spacial score (nSPS) is 15.8. The van der Waals surface area contributed by atoms with Crippen molar-refractivity contribution in [2.75, 3.05) is 33.3 Å². The van der Waals surface area contributed by atoms with Gasteiger partial charge in [0, 0.05) is 44.5 Å². The Morgan fingerprint density at radius 3 is 2.38 bits per heavy atom. The van der Waals surface area contributed by atoms with E-state index < -0.39 is 0 Å². The molecule has 1 N–H and O–H groups in total. The Bertz CT molecular complexity index is 832. The molecule has 3 rings (SSSR count). The summed E-state index contributed by atoms with van der Waals surface area (Å²) in [5.74, 6) is 0.666.